The van der Waals surface area contributed by atoms with Crippen LogP contribution in [-0.2, 0) is 4.74 Å². The van der Waals surface area contributed by atoms with Gasteiger partial charge in [0.25, 0.3) is 0 Å². The predicted octanol–water partition coefficient (Wildman–Crippen LogP) is 5.80. The summed E-state index contributed by atoms with van der Waals surface area (Å²) in [5.74, 6) is -0.367. The van der Waals surface area contributed by atoms with Crippen LogP contribution in [0.1, 0.15) is 58.3 Å². The Balaban J connectivity index is 1.68. The van der Waals surface area contributed by atoms with Gasteiger partial charge in [0.2, 0.25) is 0 Å². The summed E-state index contributed by atoms with van der Waals surface area (Å²) in [6.45, 7) is 3.03. The zero-order chi connectivity index (χ0) is 16.2. The van der Waals surface area contributed by atoms with Gasteiger partial charge in [-0.2, -0.15) is 13.2 Å². The van der Waals surface area contributed by atoms with E-state index in [0.29, 0.717) is 30.8 Å². The van der Waals surface area contributed by atoms with Crippen molar-refractivity contribution in [1.29, 1.82) is 0 Å². The normalized spacial score (nSPS) is 34.7. The van der Waals surface area contributed by atoms with Crippen molar-refractivity contribution in [3.8, 4) is 0 Å². The Morgan fingerprint density at radius 2 is 1.73 bits per heavy atom. The topological polar surface area (TPSA) is 9.23 Å². The van der Waals surface area contributed by atoms with Crippen LogP contribution in [0.3, 0.4) is 0 Å². The van der Waals surface area contributed by atoms with Gasteiger partial charge in [0, 0.05) is 12.5 Å². The maximum atomic E-state index is 13.5. The number of hydrogen-bond acceptors (Lipinski definition) is 1. The molecule has 2 atom stereocenters. The summed E-state index contributed by atoms with van der Waals surface area (Å²) in [5.41, 5.74) is 0. The molecule has 2 fully saturated rings. The average molecular weight is 322 g/mol. The first kappa shape index (κ1) is 17.8. The van der Waals surface area contributed by atoms with Gasteiger partial charge in [-0.3, -0.25) is 0 Å². The fourth-order valence-electron chi connectivity index (χ4n) is 3.59. The zero-order valence-electron chi connectivity index (χ0n) is 13.2. The molecule has 2 rings (SSSR count). The molecule has 0 aromatic rings. The first-order valence-corrected chi connectivity index (χ1v) is 8.40. The third kappa shape index (κ3) is 5.90. The second-order valence-electron chi connectivity index (χ2n) is 7.00. The molecule has 22 heavy (non-hydrogen) atoms. The predicted molar refractivity (Wildman–Crippen MR) is 78.1 cm³/mol. The lowest BCUT2D eigenvalue weighted by Crippen LogP contribution is -2.25. The van der Waals surface area contributed by atoms with Crippen molar-refractivity contribution in [2.24, 2.45) is 17.8 Å². The maximum absolute atomic E-state index is 13.5. The average Bonchev–Trinajstić information content (AvgIpc) is 2.45. The highest BCUT2D eigenvalue weighted by Gasteiger charge is 2.30. The summed E-state index contributed by atoms with van der Waals surface area (Å²) < 4.78 is 55.8. The smallest absolute Gasteiger partial charge is 0.378 e. The van der Waals surface area contributed by atoms with Crippen LogP contribution < -0.4 is 0 Å². The Hall–Kier alpha value is -0.580. The van der Waals surface area contributed by atoms with E-state index in [1.165, 1.54) is 6.42 Å². The number of rotatable bonds is 4. The van der Waals surface area contributed by atoms with Gasteiger partial charge < -0.3 is 4.74 Å². The molecule has 0 amide bonds. The monoisotopic (exact) mass is 322 g/mol. The van der Waals surface area contributed by atoms with Gasteiger partial charge in [-0.15, -0.1) is 0 Å². The molecule has 0 N–H and O–H groups in total. The van der Waals surface area contributed by atoms with Crippen molar-refractivity contribution in [3.05, 3.63) is 11.9 Å². The van der Waals surface area contributed by atoms with Crippen molar-refractivity contribution < 1.29 is 22.3 Å². The molecule has 5 heteroatoms. The van der Waals surface area contributed by atoms with Gasteiger partial charge >= 0.3 is 6.18 Å². The Labute approximate surface area is 130 Å². The van der Waals surface area contributed by atoms with Crippen LogP contribution in [0.15, 0.2) is 11.9 Å². The fourth-order valence-corrected chi connectivity index (χ4v) is 3.59. The third-order valence-corrected chi connectivity index (χ3v) is 5.03. The molecule has 1 aliphatic heterocycles. The van der Waals surface area contributed by atoms with E-state index in [0.717, 1.165) is 38.7 Å². The highest BCUT2D eigenvalue weighted by atomic mass is 19.4. The molecule has 1 saturated carbocycles. The molecule has 0 radical (unpaired) electrons. The van der Waals surface area contributed by atoms with Crippen LogP contribution in [0.2, 0.25) is 0 Å². The van der Waals surface area contributed by atoms with Crippen molar-refractivity contribution in [2.45, 2.75) is 70.6 Å². The second-order valence-corrected chi connectivity index (χ2v) is 7.00. The molecule has 0 spiro atoms. The summed E-state index contributed by atoms with van der Waals surface area (Å²) in [5, 5.41) is 0. The number of ether oxygens (including phenoxy) is 1. The maximum Gasteiger partial charge on any atom is 0.412 e. The summed E-state index contributed by atoms with van der Waals surface area (Å²) in [6.07, 6.45) is 2.75. The van der Waals surface area contributed by atoms with E-state index >= 15 is 0 Å². The minimum Gasteiger partial charge on any atom is -0.378 e. The van der Waals surface area contributed by atoms with Gasteiger partial charge in [0.15, 0.2) is 0 Å². The molecule has 0 aromatic heterocycles. The summed E-state index contributed by atoms with van der Waals surface area (Å²) in [6, 6.07) is 0. The second kappa shape index (κ2) is 7.80. The minimum absolute atomic E-state index is 0.172. The highest BCUT2D eigenvalue weighted by Crippen LogP contribution is 2.38. The number of allylic oxidation sites excluding steroid dienone is 2. The summed E-state index contributed by atoms with van der Waals surface area (Å²) in [4.78, 5) is 0. The molecule has 1 nitrogen and oxygen atoms in total. The Morgan fingerprint density at radius 3 is 2.27 bits per heavy atom. The van der Waals surface area contributed by atoms with E-state index in [-0.39, 0.29) is 6.08 Å². The molecule has 2 unspecified atom stereocenters. The lowest BCUT2D eigenvalue weighted by molar-refractivity contribution is -0.0821. The molecular formula is C17H26F4O. The Kier molecular flexibility index (Phi) is 6.30. The Bertz CT molecular complexity index is 361. The molecule has 1 saturated heterocycles. The number of alkyl halides is 3. The summed E-state index contributed by atoms with van der Waals surface area (Å²) in [7, 11) is 0. The SMILES string of the molecule is CC1CCC(CCC2CCC(/C(F)=C/C(F)(F)F)CC2)OC1. The van der Waals surface area contributed by atoms with Crippen molar-refractivity contribution >= 4 is 0 Å². The fraction of sp³-hybridized carbons (Fsp3) is 0.882. The van der Waals surface area contributed by atoms with E-state index in [1.807, 2.05) is 0 Å². The lowest BCUT2D eigenvalue weighted by atomic mass is 9.78. The first-order valence-electron chi connectivity index (χ1n) is 8.40. The molecule has 0 aromatic carbocycles. The molecule has 2 aliphatic rings. The third-order valence-electron chi connectivity index (χ3n) is 5.03. The standard InChI is InChI=1S/C17H26F4O/c1-12-2-8-15(22-11-12)9-5-13-3-6-14(7-4-13)16(18)10-17(19,20)21/h10,12-15H,2-9,11H2,1H3/b16-10-. The van der Waals surface area contributed by atoms with E-state index < -0.39 is 17.9 Å². The van der Waals surface area contributed by atoms with E-state index in [9.17, 15) is 17.6 Å². The quantitative estimate of drug-likeness (QED) is 0.594. The largest absolute Gasteiger partial charge is 0.412 e. The van der Waals surface area contributed by atoms with Gasteiger partial charge in [-0.05, 0) is 63.2 Å². The molecular weight excluding hydrogens is 296 g/mol. The Morgan fingerprint density at radius 1 is 1.05 bits per heavy atom. The van der Waals surface area contributed by atoms with Gasteiger partial charge in [-0.25, -0.2) is 4.39 Å². The van der Waals surface area contributed by atoms with Crippen LogP contribution in [0.5, 0.6) is 0 Å². The lowest BCUT2D eigenvalue weighted by Gasteiger charge is -2.31. The van der Waals surface area contributed by atoms with E-state index in [4.69, 9.17) is 4.74 Å². The minimum atomic E-state index is -4.55. The van der Waals surface area contributed by atoms with Crippen LogP contribution in [0.4, 0.5) is 17.6 Å². The van der Waals surface area contributed by atoms with Crippen LogP contribution in [-0.4, -0.2) is 18.9 Å². The van der Waals surface area contributed by atoms with Crippen LogP contribution >= 0.6 is 0 Å². The molecule has 1 aliphatic carbocycles. The van der Waals surface area contributed by atoms with Gasteiger partial charge in [-0.1, -0.05) is 6.92 Å². The molecule has 1 heterocycles. The highest BCUT2D eigenvalue weighted by molar-refractivity contribution is 5.03. The van der Waals surface area contributed by atoms with Crippen molar-refractivity contribution in [3.63, 3.8) is 0 Å². The molecule has 0 bridgehead atoms. The summed E-state index contributed by atoms with van der Waals surface area (Å²) >= 11 is 0. The number of hydrogen-bond donors (Lipinski definition) is 0. The molecule has 128 valence electrons. The van der Waals surface area contributed by atoms with Crippen molar-refractivity contribution in [1.82, 2.24) is 0 Å². The van der Waals surface area contributed by atoms with E-state index in [2.05, 4.69) is 6.92 Å². The first-order chi connectivity index (χ1) is 10.3. The number of halogens is 4. The van der Waals surface area contributed by atoms with Crippen molar-refractivity contribution in [2.75, 3.05) is 6.61 Å². The van der Waals surface area contributed by atoms with Gasteiger partial charge in [0.05, 0.1) is 12.2 Å². The zero-order valence-corrected chi connectivity index (χ0v) is 13.2. The van der Waals surface area contributed by atoms with Gasteiger partial charge in [0.1, 0.15) is 5.83 Å². The van der Waals surface area contributed by atoms with Crippen LogP contribution in [0, 0.1) is 17.8 Å². The van der Waals surface area contributed by atoms with Crippen LogP contribution in [0.25, 0.3) is 0 Å². The van der Waals surface area contributed by atoms with E-state index in [1.54, 1.807) is 0 Å².